The standard InChI is InChI=1S/C45H59N3O16/c1-25(2)38(47-32(49)11-7-8-14-37(54)64-48-33(50)15-16-34(48)51)40(55)46-28(5)41(56)63-39-27(4)18-20-58-35(52)12-9-10-13-36(53)62-29-22-31-45(24-60-45)43(29,6)44(23-59-42(39)57)19-17-26(3)21-30(44)61-31/h9-10,12-13,21,25,27-31,38-39H,7-8,11,14-20,22-24H2,1-6H3,(H,46,55)(H,47,49)/b12-9+,13-10-/t27-,28+,29-,30?,31-,38+,39+,43-,44-,45+/m1/s1. The van der Waals surface area contributed by atoms with Gasteiger partial charge in [0.15, 0.2) is 0 Å². The first-order valence-electron chi connectivity index (χ1n) is 22.0. The summed E-state index contributed by atoms with van der Waals surface area (Å²) in [5.74, 6) is -7.52. The largest absolute Gasteiger partial charge is 0.463 e. The molecule has 19 heteroatoms. The summed E-state index contributed by atoms with van der Waals surface area (Å²) in [6, 6.07) is -2.37. The first kappa shape index (κ1) is 48.0. The van der Waals surface area contributed by atoms with Gasteiger partial charge >= 0.3 is 29.8 Å². The van der Waals surface area contributed by atoms with Gasteiger partial charge in [-0.15, -0.1) is 5.06 Å². The van der Waals surface area contributed by atoms with Crippen LogP contribution in [0, 0.1) is 22.7 Å². The van der Waals surface area contributed by atoms with Crippen molar-refractivity contribution in [2.24, 2.45) is 22.7 Å². The zero-order valence-electron chi connectivity index (χ0n) is 37.2. The molecule has 64 heavy (non-hydrogen) atoms. The monoisotopic (exact) mass is 897 g/mol. The molecule has 6 aliphatic rings. The van der Waals surface area contributed by atoms with Gasteiger partial charge in [0, 0.05) is 55.6 Å². The number of hydroxylamine groups is 2. The minimum atomic E-state index is -1.51. The number of amides is 4. The van der Waals surface area contributed by atoms with Crippen LogP contribution in [-0.4, -0.2) is 120 Å². The number of unbranched alkanes of at least 4 members (excludes halogenated alkanes) is 1. The molecule has 4 fully saturated rings. The van der Waals surface area contributed by atoms with E-state index in [0.717, 1.165) is 11.6 Å². The predicted octanol–water partition coefficient (Wildman–Crippen LogP) is 2.53. The number of esters is 4. The molecule has 2 aliphatic carbocycles. The number of ether oxygens (including phenoxy) is 6. The highest BCUT2D eigenvalue weighted by atomic mass is 16.7. The summed E-state index contributed by atoms with van der Waals surface area (Å²) in [7, 11) is 0. The minimum Gasteiger partial charge on any atom is -0.463 e. The van der Waals surface area contributed by atoms with E-state index in [4.69, 9.17) is 33.3 Å². The summed E-state index contributed by atoms with van der Waals surface area (Å²) in [6.45, 7) is 10.4. The van der Waals surface area contributed by atoms with Gasteiger partial charge in [0.25, 0.3) is 11.8 Å². The second kappa shape index (κ2) is 19.8. The predicted molar refractivity (Wildman–Crippen MR) is 219 cm³/mol. The normalized spacial score (nSPS) is 33.5. The average Bonchev–Trinajstić information content (AvgIpc) is 3.96. The lowest BCUT2D eigenvalue weighted by atomic mass is 9.51. The maximum absolute atomic E-state index is 14.3. The van der Waals surface area contributed by atoms with Crippen LogP contribution in [0.3, 0.4) is 0 Å². The van der Waals surface area contributed by atoms with E-state index in [1.165, 1.54) is 25.2 Å². The third kappa shape index (κ3) is 9.94. The highest BCUT2D eigenvalue weighted by molar-refractivity contribution is 6.01. The van der Waals surface area contributed by atoms with E-state index in [1.54, 1.807) is 20.8 Å². The average molecular weight is 898 g/mol. The first-order valence-corrected chi connectivity index (χ1v) is 22.0. The molecule has 19 nitrogen and oxygen atoms in total. The lowest BCUT2D eigenvalue weighted by Gasteiger charge is -2.58. The van der Waals surface area contributed by atoms with Gasteiger partial charge in [-0.2, -0.15) is 0 Å². The van der Waals surface area contributed by atoms with E-state index in [0.29, 0.717) is 30.9 Å². The van der Waals surface area contributed by atoms with Crippen molar-refractivity contribution < 1.29 is 76.4 Å². The summed E-state index contributed by atoms with van der Waals surface area (Å²) < 4.78 is 36.3. The fraction of sp³-hybridized carbons (Fsp3) is 0.667. The molecule has 0 aromatic heterocycles. The van der Waals surface area contributed by atoms with Gasteiger partial charge in [-0.3, -0.25) is 19.2 Å². The summed E-state index contributed by atoms with van der Waals surface area (Å²) in [5.41, 5.74) is -1.48. The minimum absolute atomic E-state index is 0.0300. The third-order valence-electron chi connectivity index (χ3n) is 13.5. The third-order valence-corrected chi connectivity index (χ3v) is 13.5. The Balaban J connectivity index is 1.11. The molecule has 350 valence electrons. The Hall–Kier alpha value is -5.43. The van der Waals surface area contributed by atoms with Crippen molar-refractivity contribution in [2.75, 3.05) is 19.8 Å². The lowest BCUT2D eigenvalue weighted by Crippen LogP contribution is -2.67. The Morgan fingerprint density at radius 2 is 1.56 bits per heavy atom. The summed E-state index contributed by atoms with van der Waals surface area (Å²) in [5, 5.41) is 5.69. The van der Waals surface area contributed by atoms with Crippen LogP contribution < -0.4 is 10.6 Å². The van der Waals surface area contributed by atoms with E-state index < -0.39 is 112 Å². The van der Waals surface area contributed by atoms with Gasteiger partial charge in [-0.05, 0) is 51.9 Å². The molecule has 1 saturated carbocycles. The van der Waals surface area contributed by atoms with Crippen molar-refractivity contribution in [1.82, 2.24) is 15.7 Å². The smallest absolute Gasteiger partial charge is 0.347 e. The molecule has 2 bridgehead atoms. The van der Waals surface area contributed by atoms with Gasteiger partial charge in [0.2, 0.25) is 17.9 Å². The van der Waals surface area contributed by atoms with Crippen molar-refractivity contribution in [3.8, 4) is 0 Å². The number of hydrogen-bond donors (Lipinski definition) is 2. The van der Waals surface area contributed by atoms with E-state index in [9.17, 15) is 43.2 Å². The Kier molecular flexibility index (Phi) is 14.8. The van der Waals surface area contributed by atoms with Crippen molar-refractivity contribution in [2.45, 2.75) is 148 Å². The number of nitrogens with zero attached hydrogens (tertiary/aromatic N) is 1. The number of cyclic esters (lactones) is 2. The molecular weight excluding hydrogens is 838 g/mol. The van der Waals surface area contributed by atoms with Crippen LogP contribution in [0.15, 0.2) is 36.0 Å². The Morgan fingerprint density at radius 1 is 0.891 bits per heavy atom. The number of hydrogen-bond acceptors (Lipinski definition) is 16. The topological polar surface area (TPSA) is 249 Å². The number of imide groups is 1. The molecule has 2 spiro atoms. The van der Waals surface area contributed by atoms with Crippen LogP contribution in [0.25, 0.3) is 0 Å². The lowest BCUT2D eigenvalue weighted by molar-refractivity contribution is -0.235. The number of carbonyl (C=O) groups excluding carboxylic acids is 9. The van der Waals surface area contributed by atoms with E-state index in [1.807, 2.05) is 19.9 Å². The summed E-state index contributed by atoms with van der Waals surface area (Å²) in [4.78, 5) is 120. The molecule has 1 unspecified atom stereocenters. The van der Waals surface area contributed by atoms with Gasteiger partial charge < -0.3 is 43.9 Å². The van der Waals surface area contributed by atoms with Crippen LogP contribution in [-0.2, 0) is 76.4 Å². The molecule has 0 radical (unpaired) electrons. The Morgan fingerprint density at radius 3 is 2.23 bits per heavy atom. The molecule has 6 rings (SSSR count). The second-order valence-electron chi connectivity index (χ2n) is 18.1. The summed E-state index contributed by atoms with van der Waals surface area (Å²) in [6.07, 6.45) is 5.78. The van der Waals surface area contributed by atoms with Gasteiger partial charge in [0.1, 0.15) is 30.4 Å². The van der Waals surface area contributed by atoms with Crippen molar-refractivity contribution in [3.05, 3.63) is 36.0 Å². The molecule has 0 aromatic carbocycles. The van der Waals surface area contributed by atoms with Crippen molar-refractivity contribution in [1.29, 1.82) is 0 Å². The number of allylic oxidation sites excluding steroid dienone is 3. The fourth-order valence-electron chi connectivity index (χ4n) is 9.54. The quantitative estimate of drug-likeness (QED) is 0.0713. The zero-order chi connectivity index (χ0) is 46.6. The molecular formula is C45H59N3O16. The van der Waals surface area contributed by atoms with Crippen molar-refractivity contribution >= 4 is 53.5 Å². The second-order valence-corrected chi connectivity index (χ2v) is 18.1. The van der Waals surface area contributed by atoms with Crippen molar-refractivity contribution in [3.63, 3.8) is 0 Å². The molecule has 4 heterocycles. The Bertz CT molecular complexity index is 1970. The highest BCUT2D eigenvalue weighted by Gasteiger charge is 2.83. The zero-order valence-corrected chi connectivity index (χ0v) is 37.2. The van der Waals surface area contributed by atoms with Crippen LogP contribution >= 0.6 is 0 Å². The summed E-state index contributed by atoms with van der Waals surface area (Å²) >= 11 is 0. The fourth-order valence-corrected chi connectivity index (χ4v) is 9.54. The van der Waals surface area contributed by atoms with Gasteiger partial charge in [0.05, 0.1) is 30.8 Å². The maximum atomic E-state index is 14.3. The van der Waals surface area contributed by atoms with E-state index in [-0.39, 0.29) is 64.3 Å². The van der Waals surface area contributed by atoms with Crippen LogP contribution in [0.2, 0.25) is 0 Å². The number of rotatable bonds is 12. The van der Waals surface area contributed by atoms with E-state index in [2.05, 4.69) is 10.6 Å². The molecule has 4 amide bonds. The van der Waals surface area contributed by atoms with Gasteiger partial charge in [-0.1, -0.05) is 51.5 Å². The first-order chi connectivity index (χ1) is 30.3. The number of epoxide rings is 1. The van der Waals surface area contributed by atoms with Crippen LogP contribution in [0.5, 0.6) is 0 Å². The van der Waals surface area contributed by atoms with E-state index >= 15 is 0 Å². The Labute approximate surface area is 371 Å². The maximum Gasteiger partial charge on any atom is 0.347 e. The molecule has 2 N–H and O–H groups in total. The number of carbonyl (C=O) groups is 9. The van der Waals surface area contributed by atoms with Crippen LogP contribution in [0.4, 0.5) is 0 Å². The highest BCUT2D eigenvalue weighted by Crippen LogP contribution is 2.72. The van der Waals surface area contributed by atoms with Crippen LogP contribution in [0.1, 0.15) is 106 Å². The molecule has 0 aromatic rings. The molecule has 4 aliphatic heterocycles. The molecule has 10 atom stereocenters. The number of nitrogens with one attached hydrogen (secondary N) is 2. The van der Waals surface area contributed by atoms with Gasteiger partial charge in [-0.25, -0.2) is 24.0 Å². The molecule has 3 saturated heterocycles. The SMILES string of the molecule is CC1=CC2O[C@@H]3C[C@H]4OC(=O)/C=C\C=C\C(=O)OCC[C@@H](C)[C@H](OC(=O)[C@H](C)NC(=O)[C@@H](NC(=O)CCCCC(=O)ON5C(=O)CCC5=O)C(C)C)C(=O)OC[C@@]2(CC1)[C@]4(C)[C@]31CO1.